The molecule has 2 aromatic carbocycles. The minimum absolute atomic E-state index is 0.0281. The predicted octanol–water partition coefficient (Wildman–Crippen LogP) is 4.69. The third-order valence-electron chi connectivity index (χ3n) is 5.10. The molecule has 0 radical (unpaired) electrons. The summed E-state index contributed by atoms with van der Waals surface area (Å²) in [6.45, 7) is 2.93. The molecule has 4 rings (SSSR count). The smallest absolute Gasteiger partial charge is 0.406 e. The van der Waals surface area contributed by atoms with Crippen LogP contribution in [0.5, 0.6) is 5.75 Å². The van der Waals surface area contributed by atoms with Crippen molar-refractivity contribution < 1.29 is 31.1 Å². The number of ether oxygens (including phenoxy) is 2. The Bertz CT molecular complexity index is 1190. The first-order valence-corrected chi connectivity index (χ1v) is 12.0. The van der Waals surface area contributed by atoms with Crippen molar-refractivity contribution in [3.63, 3.8) is 0 Å². The van der Waals surface area contributed by atoms with E-state index in [2.05, 4.69) is 4.74 Å². The standard InChI is InChI=1S/C21H21F3N2O4S2/c1-15-18-4-2-3-5-19(18)31-20(15)26(32(27,28)25-10-12-29-13-11-25)14-16-6-8-17(9-7-16)30-21(22,23)24/h2-9H,10-14H2,1H3. The molecule has 0 atom stereocenters. The fraction of sp³-hybridized carbons (Fsp3) is 0.333. The summed E-state index contributed by atoms with van der Waals surface area (Å²) in [6.07, 6.45) is -4.79. The molecule has 3 aromatic rings. The molecule has 1 aromatic heterocycles. The normalized spacial score (nSPS) is 15.8. The molecule has 0 aliphatic carbocycles. The van der Waals surface area contributed by atoms with E-state index in [1.54, 1.807) is 0 Å². The van der Waals surface area contributed by atoms with E-state index in [0.29, 0.717) is 23.8 Å². The molecule has 1 saturated heterocycles. The summed E-state index contributed by atoms with van der Waals surface area (Å²) in [5.74, 6) is -0.359. The Morgan fingerprint density at radius 3 is 2.38 bits per heavy atom. The first-order chi connectivity index (χ1) is 15.1. The molecule has 11 heteroatoms. The SMILES string of the molecule is Cc1c(N(Cc2ccc(OC(F)(F)F)cc2)S(=O)(=O)N2CCOCC2)sc2ccccc12. The van der Waals surface area contributed by atoms with E-state index in [1.165, 1.54) is 44.2 Å². The number of halogens is 3. The second kappa shape index (κ2) is 8.89. The molecule has 0 unspecified atom stereocenters. The van der Waals surface area contributed by atoms with Crippen molar-refractivity contribution >= 4 is 36.6 Å². The van der Waals surface area contributed by atoms with Crippen molar-refractivity contribution in [2.75, 3.05) is 30.6 Å². The van der Waals surface area contributed by atoms with Crippen LogP contribution < -0.4 is 9.04 Å². The molecular weight excluding hydrogens is 465 g/mol. The number of alkyl halides is 3. The predicted molar refractivity (Wildman–Crippen MR) is 117 cm³/mol. The molecule has 6 nitrogen and oxygen atoms in total. The number of rotatable bonds is 6. The fourth-order valence-corrected chi connectivity index (χ4v) is 6.59. The zero-order chi connectivity index (χ0) is 22.9. The van der Waals surface area contributed by atoms with Crippen molar-refractivity contribution in [1.29, 1.82) is 0 Å². The number of benzene rings is 2. The Labute approximate surface area is 187 Å². The fourth-order valence-electron chi connectivity index (χ4n) is 3.54. The van der Waals surface area contributed by atoms with E-state index in [1.807, 2.05) is 31.2 Å². The van der Waals surface area contributed by atoms with Crippen molar-refractivity contribution in [2.45, 2.75) is 19.8 Å². The van der Waals surface area contributed by atoms with Gasteiger partial charge in [-0.3, -0.25) is 0 Å². The molecule has 0 amide bonds. The van der Waals surface area contributed by atoms with Crippen molar-refractivity contribution in [2.24, 2.45) is 0 Å². The Morgan fingerprint density at radius 1 is 1.09 bits per heavy atom. The Balaban J connectivity index is 1.71. The minimum atomic E-state index is -4.79. The monoisotopic (exact) mass is 486 g/mol. The summed E-state index contributed by atoms with van der Waals surface area (Å²) in [5, 5.41) is 1.54. The highest BCUT2D eigenvalue weighted by atomic mass is 32.2. The van der Waals surface area contributed by atoms with Crippen LogP contribution in [0.3, 0.4) is 0 Å². The molecule has 1 aliphatic rings. The van der Waals surface area contributed by atoms with Crippen LogP contribution >= 0.6 is 11.3 Å². The number of fused-ring (bicyclic) bond motifs is 1. The van der Waals surface area contributed by atoms with Gasteiger partial charge in [0.15, 0.2) is 0 Å². The average molecular weight is 487 g/mol. The lowest BCUT2D eigenvalue weighted by Crippen LogP contribution is -2.48. The molecule has 0 bridgehead atoms. The van der Waals surface area contributed by atoms with Crippen molar-refractivity contribution in [1.82, 2.24) is 4.31 Å². The van der Waals surface area contributed by atoms with Crippen LogP contribution in [0.1, 0.15) is 11.1 Å². The molecule has 1 fully saturated rings. The molecule has 1 aliphatic heterocycles. The largest absolute Gasteiger partial charge is 0.573 e. The van der Waals surface area contributed by atoms with Crippen LogP contribution in [0.25, 0.3) is 10.1 Å². The van der Waals surface area contributed by atoms with Gasteiger partial charge >= 0.3 is 16.6 Å². The van der Waals surface area contributed by atoms with Crippen LogP contribution in [0.15, 0.2) is 48.5 Å². The van der Waals surface area contributed by atoms with Crippen LogP contribution in [-0.4, -0.2) is 45.4 Å². The maximum Gasteiger partial charge on any atom is 0.573 e. The Morgan fingerprint density at radius 2 is 1.75 bits per heavy atom. The lowest BCUT2D eigenvalue weighted by atomic mass is 10.2. The lowest BCUT2D eigenvalue weighted by molar-refractivity contribution is -0.274. The van der Waals surface area contributed by atoms with Crippen LogP contribution in [0.4, 0.5) is 18.2 Å². The first kappa shape index (κ1) is 22.8. The van der Waals surface area contributed by atoms with Gasteiger partial charge in [-0.1, -0.05) is 30.3 Å². The topological polar surface area (TPSA) is 59.1 Å². The number of anilines is 1. The van der Waals surface area contributed by atoms with Gasteiger partial charge in [0.2, 0.25) is 0 Å². The number of aryl methyl sites for hydroxylation is 1. The van der Waals surface area contributed by atoms with Gasteiger partial charge in [-0.15, -0.1) is 24.5 Å². The zero-order valence-corrected chi connectivity index (χ0v) is 18.8. The number of nitrogens with zero attached hydrogens (tertiary/aromatic N) is 2. The molecule has 0 N–H and O–H groups in total. The van der Waals surface area contributed by atoms with Crippen LogP contribution in [0.2, 0.25) is 0 Å². The summed E-state index contributed by atoms with van der Waals surface area (Å²) >= 11 is 1.37. The van der Waals surface area contributed by atoms with Gasteiger partial charge in [0.25, 0.3) is 0 Å². The van der Waals surface area contributed by atoms with Gasteiger partial charge in [0.05, 0.1) is 19.8 Å². The quantitative estimate of drug-likeness (QED) is 0.507. The lowest BCUT2D eigenvalue weighted by Gasteiger charge is -2.33. The molecule has 32 heavy (non-hydrogen) atoms. The van der Waals surface area contributed by atoms with Gasteiger partial charge in [0, 0.05) is 17.8 Å². The van der Waals surface area contributed by atoms with E-state index in [0.717, 1.165) is 15.6 Å². The summed E-state index contributed by atoms with van der Waals surface area (Å²) in [6, 6.07) is 12.9. The Hall–Kier alpha value is -2.34. The average Bonchev–Trinajstić information content (AvgIpc) is 3.09. The third kappa shape index (κ3) is 4.85. The highest BCUT2D eigenvalue weighted by Crippen LogP contribution is 2.40. The molecule has 0 saturated carbocycles. The van der Waals surface area contributed by atoms with E-state index in [4.69, 9.17) is 4.74 Å². The number of thiophene rings is 1. The summed E-state index contributed by atoms with van der Waals surface area (Å²) < 4.78 is 77.5. The number of morpholine rings is 1. The van der Waals surface area contributed by atoms with Crippen molar-refractivity contribution in [3.05, 3.63) is 59.7 Å². The summed E-state index contributed by atoms with van der Waals surface area (Å²) in [7, 11) is -3.90. The van der Waals surface area contributed by atoms with Gasteiger partial charge in [-0.2, -0.15) is 12.7 Å². The highest BCUT2D eigenvalue weighted by molar-refractivity contribution is 7.90. The highest BCUT2D eigenvalue weighted by Gasteiger charge is 2.34. The molecule has 2 heterocycles. The molecule has 0 spiro atoms. The third-order valence-corrected chi connectivity index (χ3v) is 8.40. The van der Waals surface area contributed by atoms with Crippen LogP contribution in [-0.2, 0) is 21.5 Å². The van der Waals surface area contributed by atoms with E-state index in [9.17, 15) is 21.6 Å². The first-order valence-electron chi connectivity index (χ1n) is 9.83. The maximum atomic E-state index is 13.6. The Kier molecular flexibility index (Phi) is 6.35. The van der Waals surface area contributed by atoms with Gasteiger partial charge < -0.3 is 9.47 Å². The van der Waals surface area contributed by atoms with Gasteiger partial charge in [-0.25, -0.2) is 4.31 Å². The maximum absolute atomic E-state index is 13.6. The van der Waals surface area contributed by atoms with Crippen LogP contribution in [0, 0.1) is 6.92 Å². The van der Waals surface area contributed by atoms with Gasteiger partial charge in [0.1, 0.15) is 10.8 Å². The molecule has 172 valence electrons. The van der Waals surface area contributed by atoms with Gasteiger partial charge in [-0.05, 0) is 41.6 Å². The molecular formula is C21H21F3N2O4S2. The van der Waals surface area contributed by atoms with E-state index in [-0.39, 0.29) is 25.4 Å². The summed E-state index contributed by atoms with van der Waals surface area (Å²) in [4.78, 5) is 0. The number of hydrogen-bond donors (Lipinski definition) is 0. The second-order valence-corrected chi connectivity index (χ2v) is 10.1. The summed E-state index contributed by atoms with van der Waals surface area (Å²) in [5.41, 5.74) is 1.37. The van der Waals surface area contributed by atoms with E-state index >= 15 is 0 Å². The zero-order valence-electron chi connectivity index (χ0n) is 17.1. The number of hydrogen-bond acceptors (Lipinski definition) is 5. The second-order valence-electron chi connectivity index (χ2n) is 7.25. The minimum Gasteiger partial charge on any atom is -0.406 e. The van der Waals surface area contributed by atoms with E-state index < -0.39 is 16.6 Å². The van der Waals surface area contributed by atoms with Crippen molar-refractivity contribution in [3.8, 4) is 5.75 Å².